The van der Waals surface area contributed by atoms with Crippen molar-refractivity contribution in [3.63, 3.8) is 0 Å². The quantitative estimate of drug-likeness (QED) is 0.794. The summed E-state index contributed by atoms with van der Waals surface area (Å²) in [6.07, 6.45) is 4.36. The fourth-order valence-electron chi connectivity index (χ4n) is 1.96. The van der Waals surface area contributed by atoms with Crippen molar-refractivity contribution in [3.05, 3.63) is 12.4 Å². The van der Waals surface area contributed by atoms with E-state index in [1.807, 2.05) is 0 Å². The second kappa shape index (κ2) is 3.22. The van der Waals surface area contributed by atoms with E-state index in [1.54, 1.807) is 10.8 Å². The number of aromatic nitrogens is 2. The van der Waals surface area contributed by atoms with E-state index in [0.717, 1.165) is 0 Å². The summed E-state index contributed by atoms with van der Waals surface area (Å²) in [6, 6.07) is 0. The Kier molecular flexibility index (Phi) is 2.17. The van der Waals surface area contributed by atoms with Crippen LogP contribution in [0.5, 0.6) is 0 Å². The van der Waals surface area contributed by atoms with E-state index >= 15 is 0 Å². The van der Waals surface area contributed by atoms with E-state index in [9.17, 15) is 8.78 Å². The van der Waals surface area contributed by atoms with Crippen LogP contribution in [0.1, 0.15) is 19.3 Å². The number of imidazole rings is 1. The largest absolute Gasteiger partial charge is 0.369 e. The smallest absolute Gasteiger partial charge is 0.252 e. The minimum atomic E-state index is -2.53. The molecular weight excluding hydrogens is 188 g/mol. The molecule has 5 heteroatoms. The first-order valence-electron chi connectivity index (χ1n) is 4.74. The van der Waals surface area contributed by atoms with Crippen molar-refractivity contribution < 1.29 is 8.78 Å². The van der Waals surface area contributed by atoms with Crippen molar-refractivity contribution in [2.45, 2.75) is 31.7 Å². The molecule has 0 bridgehead atoms. The van der Waals surface area contributed by atoms with Gasteiger partial charge in [0.2, 0.25) is 0 Å². The molecule has 0 radical (unpaired) electrons. The van der Waals surface area contributed by atoms with Crippen LogP contribution in [0.4, 0.5) is 14.7 Å². The highest BCUT2D eigenvalue weighted by Crippen LogP contribution is 2.41. The van der Waals surface area contributed by atoms with Gasteiger partial charge in [0.05, 0.1) is 0 Å². The molecule has 0 spiro atoms. The summed E-state index contributed by atoms with van der Waals surface area (Å²) < 4.78 is 28.1. The summed E-state index contributed by atoms with van der Waals surface area (Å²) in [5.41, 5.74) is 5.51. The zero-order valence-electron chi connectivity index (χ0n) is 7.79. The number of hydrogen-bond donors (Lipinski definition) is 1. The predicted molar refractivity (Wildman–Crippen MR) is 48.9 cm³/mol. The molecule has 1 aliphatic carbocycles. The monoisotopic (exact) mass is 201 g/mol. The second-order valence-electron chi connectivity index (χ2n) is 3.79. The normalized spacial score (nSPS) is 25.4. The molecule has 1 unspecified atom stereocenters. The van der Waals surface area contributed by atoms with Gasteiger partial charge in [0.15, 0.2) is 5.95 Å². The van der Waals surface area contributed by atoms with Crippen LogP contribution >= 0.6 is 0 Å². The van der Waals surface area contributed by atoms with Gasteiger partial charge in [-0.1, -0.05) is 0 Å². The predicted octanol–water partition coefficient (Wildman–Crippen LogP) is 1.90. The fraction of sp³-hybridized carbons (Fsp3) is 0.667. The molecule has 1 aliphatic rings. The zero-order chi connectivity index (χ0) is 10.2. The third-order valence-electron chi connectivity index (χ3n) is 2.82. The first kappa shape index (κ1) is 9.43. The van der Waals surface area contributed by atoms with Gasteiger partial charge in [-0.25, -0.2) is 13.8 Å². The maximum absolute atomic E-state index is 13.3. The molecule has 0 aromatic carbocycles. The topological polar surface area (TPSA) is 43.8 Å². The highest BCUT2D eigenvalue weighted by molar-refractivity contribution is 5.16. The van der Waals surface area contributed by atoms with E-state index in [0.29, 0.717) is 18.8 Å². The highest BCUT2D eigenvalue weighted by atomic mass is 19.3. The van der Waals surface area contributed by atoms with E-state index in [2.05, 4.69) is 4.98 Å². The number of anilines is 1. The Morgan fingerprint density at radius 2 is 2.43 bits per heavy atom. The van der Waals surface area contributed by atoms with Gasteiger partial charge < -0.3 is 10.3 Å². The lowest BCUT2D eigenvalue weighted by atomic mass is 10.1. The molecule has 2 N–H and O–H groups in total. The Morgan fingerprint density at radius 1 is 1.64 bits per heavy atom. The van der Waals surface area contributed by atoms with Gasteiger partial charge in [-0.2, -0.15) is 0 Å². The number of nitrogens with zero attached hydrogens (tertiary/aromatic N) is 2. The van der Waals surface area contributed by atoms with E-state index in [1.165, 1.54) is 6.20 Å². The molecule has 78 valence electrons. The number of halogens is 2. The molecule has 1 aromatic rings. The summed E-state index contributed by atoms with van der Waals surface area (Å²) in [4.78, 5) is 3.80. The summed E-state index contributed by atoms with van der Waals surface area (Å²) in [6.45, 7) is 0.277. The molecule has 1 aromatic heterocycles. The Morgan fingerprint density at radius 3 is 2.93 bits per heavy atom. The van der Waals surface area contributed by atoms with Crippen molar-refractivity contribution >= 4 is 5.95 Å². The first-order valence-corrected chi connectivity index (χ1v) is 4.74. The minimum Gasteiger partial charge on any atom is -0.369 e. The van der Waals surface area contributed by atoms with Gasteiger partial charge in [-0.15, -0.1) is 0 Å². The number of alkyl halides is 2. The van der Waals surface area contributed by atoms with Gasteiger partial charge in [0.25, 0.3) is 5.92 Å². The lowest BCUT2D eigenvalue weighted by Crippen LogP contribution is -2.26. The summed E-state index contributed by atoms with van der Waals surface area (Å²) in [5.74, 6) is -2.80. The maximum atomic E-state index is 13.3. The van der Waals surface area contributed by atoms with E-state index in [4.69, 9.17) is 5.73 Å². The van der Waals surface area contributed by atoms with Crippen LogP contribution in [0.25, 0.3) is 0 Å². The molecule has 1 fully saturated rings. The lowest BCUT2D eigenvalue weighted by molar-refractivity contribution is -0.0420. The van der Waals surface area contributed by atoms with Gasteiger partial charge in [-0.05, 0) is 12.8 Å². The Hall–Kier alpha value is -1.13. The number of nitrogens with two attached hydrogens (primary N) is 1. The Balaban J connectivity index is 2.08. The molecule has 14 heavy (non-hydrogen) atoms. The molecule has 1 heterocycles. The molecule has 0 aliphatic heterocycles. The van der Waals surface area contributed by atoms with Gasteiger partial charge in [-0.3, -0.25) is 0 Å². The molecule has 1 atom stereocenters. The second-order valence-corrected chi connectivity index (χ2v) is 3.79. The van der Waals surface area contributed by atoms with Crippen LogP contribution in [0, 0.1) is 5.92 Å². The molecular formula is C9H13F2N3. The van der Waals surface area contributed by atoms with Gasteiger partial charge in [0.1, 0.15) is 0 Å². The highest BCUT2D eigenvalue weighted by Gasteiger charge is 2.43. The van der Waals surface area contributed by atoms with Crippen LogP contribution in [-0.2, 0) is 6.54 Å². The van der Waals surface area contributed by atoms with Crippen LogP contribution in [-0.4, -0.2) is 15.5 Å². The minimum absolute atomic E-state index is 0.00622. The van der Waals surface area contributed by atoms with Crippen molar-refractivity contribution in [3.8, 4) is 0 Å². The van der Waals surface area contributed by atoms with Gasteiger partial charge in [0, 0.05) is 31.3 Å². The number of nitrogen functional groups attached to an aromatic ring is 1. The Bertz CT molecular complexity index is 322. The number of hydrogen-bond acceptors (Lipinski definition) is 2. The van der Waals surface area contributed by atoms with E-state index in [-0.39, 0.29) is 13.0 Å². The third-order valence-corrected chi connectivity index (χ3v) is 2.82. The molecule has 2 rings (SSSR count). The van der Waals surface area contributed by atoms with E-state index < -0.39 is 11.8 Å². The molecule has 1 saturated carbocycles. The molecule has 0 amide bonds. The average Bonchev–Trinajstić information content (AvgIpc) is 2.62. The summed E-state index contributed by atoms with van der Waals surface area (Å²) in [7, 11) is 0. The summed E-state index contributed by atoms with van der Waals surface area (Å²) in [5, 5.41) is 0. The average molecular weight is 201 g/mol. The molecule has 0 saturated heterocycles. The summed E-state index contributed by atoms with van der Waals surface area (Å²) >= 11 is 0. The SMILES string of the molecule is Nc1nccn1CC1CCCC1(F)F. The third kappa shape index (κ3) is 1.58. The molecule has 3 nitrogen and oxygen atoms in total. The lowest BCUT2D eigenvalue weighted by Gasteiger charge is -2.19. The van der Waals surface area contributed by atoms with Crippen molar-refractivity contribution in [1.29, 1.82) is 0 Å². The van der Waals surface area contributed by atoms with Crippen molar-refractivity contribution in [1.82, 2.24) is 9.55 Å². The van der Waals surface area contributed by atoms with Crippen LogP contribution < -0.4 is 5.73 Å². The van der Waals surface area contributed by atoms with Crippen LogP contribution in [0.2, 0.25) is 0 Å². The first-order chi connectivity index (χ1) is 6.59. The van der Waals surface area contributed by atoms with Gasteiger partial charge >= 0.3 is 0 Å². The maximum Gasteiger partial charge on any atom is 0.252 e. The Labute approximate surface area is 80.9 Å². The standard InChI is InChI=1S/C9H13F2N3/c10-9(11)3-1-2-7(9)6-14-5-4-13-8(14)12/h4-5,7H,1-3,6H2,(H2,12,13). The fourth-order valence-corrected chi connectivity index (χ4v) is 1.96. The van der Waals surface area contributed by atoms with Crippen molar-refractivity contribution in [2.24, 2.45) is 5.92 Å². The van der Waals surface area contributed by atoms with Crippen LogP contribution in [0.15, 0.2) is 12.4 Å². The number of rotatable bonds is 2. The van der Waals surface area contributed by atoms with Crippen LogP contribution in [0.3, 0.4) is 0 Å². The zero-order valence-corrected chi connectivity index (χ0v) is 7.79. The van der Waals surface area contributed by atoms with Crippen molar-refractivity contribution in [2.75, 3.05) is 5.73 Å².